The van der Waals surface area contributed by atoms with E-state index in [1.807, 2.05) is 29.6 Å². The van der Waals surface area contributed by atoms with E-state index in [-0.39, 0.29) is 0 Å². The monoisotopic (exact) mass is 232 g/mol. The predicted molar refractivity (Wildman–Crippen MR) is 67.3 cm³/mol. The van der Waals surface area contributed by atoms with Gasteiger partial charge in [0.15, 0.2) is 0 Å². The average molecular weight is 232 g/mol. The second-order valence-electron chi connectivity index (χ2n) is 3.19. The fourth-order valence-corrected chi connectivity index (χ4v) is 3.36. The molecule has 0 spiro atoms. The van der Waals surface area contributed by atoms with E-state index in [4.69, 9.17) is 5.73 Å². The Balaban J connectivity index is 2.24. The Morgan fingerprint density at radius 3 is 2.73 bits per heavy atom. The Morgan fingerprint density at radius 1 is 1.13 bits per heavy atom. The molecule has 0 bridgehead atoms. The van der Waals surface area contributed by atoms with E-state index >= 15 is 0 Å². The van der Waals surface area contributed by atoms with Gasteiger partial charge in [0.25, 0.3) is 0 Å². The first kappa shape index (κ1) is 8.88. The molecule has 1 aromatic carbocycles. The van der Waals surface area contributed by atoms with E-state index in [1.54, 1.807) is 22.7 Å². The minimum Gasteiger partial charge on any atom is -0.397 e. The summed E-state index contributed by atoms with van der Waals surface area (Å²) < 4.78 is 1.21. The van der Waals surface area contributed by atoms with E-state index in [1.165, 1.54) is 4.70 Å². The van der Waals surface area contributed by atoms with Gasteiger partial charge in [0.05, 0.1) is 20.8 Å². The number of hydrogen-bond donors (Lipinski definition) is 1. The Bertz CT molecular complexity index is 577. The number of anilines is 1. The van der Waals surface area contributed by atoms with Crippen LogP contribution >= 0.6 is 22.7 Å². The first-order valence-corrected chi connectivity index (χ1v) is 6.23. The van der Waals surface area contributed by atoms with Crippen molar-refractivity contribution < 1.29 is 0 Å². The molecule has 2 N–H and O–H groups in total. The zero-order valence-corrected chi connectivity index (χ0v) is 9.44. The highest BCUT2D eigenvalue weighted by atomic mass is 32.1. The molecule has 0 saturated carbocycles. The molecule has 0 atom stereocenters. The Kier molecular flexibility index (Phi) is 1.97. The van der Waals surface area contributed by atoms with Crippen molar-refractivity contribution in [3.8, 4) is 9.88 Å². The SMILES string of the molecule is Nc1ccsc1-c1nc2ccccc2s1. The van der Waals surface area contributed by atoms with Crippen molar-refractivity contribution in [1.82, 2.24) is 4.98 Å². The van der Waals surface area contributed by atoms with Crippen LogP contribution in [0.4, 0.5) is 5.69 Å². The molecular formula is C11H8N2S2. The summed E-state index contributed by atoms with van der Waals surface area (Å²) in [4.78, 5) is 5.64. The molecule has 74 valence electrons. The van der Waals surface area contributed by atoms with Crippen LogP contribution in [-0.4, -0.2) is 4.98 Å². The zero-order valence-electron chi connectivity index (χ0n) is 7.81. The van der Waals surface area contributed by atoms with Gasteiger partial charge < -0.3 is 5.73 Å². The number of fused-ring (bicyclic) bond motifs is 1. The minimum absolute atomic E-state index is 0.819. The Morgan fingerprint density at radius 2 is 2.00 bits per heavy atom. The second kappa shape index (κ2) is 3.32. The highest BCUT2D eigenvalue weighted by Crippen LogP contribution is 2.36. The normalized spacial score (nSPS) is 10.9. The molecule has 2 nitrogen and oxygen atoms in total. The van der Waals surface area contributed by atoms with Gasteiger partial charge in [0.1, 0.15) is 5.01 Å². The lowest BCUT2D eigenvalue weighted by Crippen LogP contribution is -1.82. The maximum absolute atomic E-state index is 5.87. The van der Waals surface area contributed by atoms with Crippen molar-refractivity contribution in [3.63, 3.8) is 0 Å². The van der Waals surface area contributed by atoms with Crippen molar-refractivity contribution in [3.05, 3.63) is 35.7 Å². The van der Waals surface area contributed by atoms with Gasteiger partial charge >= 0.3 is 0 Å². The van der Waals surface area contributed by atoms with Crippen LogP contribution in [0.5, 0.6) is 0 Å². The second-order valence-corrected chi connectivity index (χ2v) is 5.14. The topological polar surface area (TPSA) is 38.9 Å². The van der Waals surface area contributed by atoms with Crippen LogP contribution in [0.2, 0.25) is 0 Å². The number of thiophene rings is 1. The summed E-state index contributed by atoms with van der Waals surface area (Å²) in [6.45, 7) is 0. The van der Waals surface area contributed by atoms with E-state index in [2.05, 4.69) is 11.1 Å². The molecule has 0 fully saturated rings. The summed E-state index contributed by atoms with van der Waals surface area (Å²) in [5.41, 5.74) is 7.74. The summed E-state index contributed by atoms with van der Waals surface area (Å²) in [5.74, 6) is 0. The van der Waals surface area contributed by atoms with Gasteiger partial charge in [-0.2, -0.15) is 0 Å². The molecule has 2 aromatic heterocycles. The van der Waals surface area contributed by atoms with E-state index in [0.717, 1.165) is 21.1 Å². The molecule has 15 heavy (non-hydrogen) atoms. The fourth-order valence-electron chi connectivity index (χ4n) is 1.46. The number of para-hydroxylation sites is 1. The number of hydrogen-bond acceptors (Lipinski definition) is 4. The Labute approximate surface area is 95.0 Å². The van der Waals surface area contributed by atoms with Gasteiger partial charge in [0, 0.05) is 0 Å². The number of benzene rings is 1. The van der Waals surface area contributed by atoms with Crippen LogP contribution in [0.25, 0.3) is 20.1 Å². The van der Waals surface area contributed by atoms with Crippen LogP contribution < -0.4 is 5.73 Å². The zero-order chi connectivity index (χ0) is 10.3. The molecule has 0 saturated heterocycles. The molecule has 0 amide bonds. The van der Waals surface area contributed by atoms with E-state index in [9.17, 15) is 0 Å². The molecule has 3 rings (SSSR count). The summed E-state index contributed by atoms with van der Waals surface area (Å²) in [6, 6.07) is 10.1. The molecule has 3 aromatic rings. The van der Waals surface area contributed by atoms with Crippen LogP contribution in [0.15, 0.2) is 35.7 Å². The minimum atomic E-state index is 0.819. The van der Waals surface area contributed by atoms with Crippen molar-refractivity contribution in [2.75, 3.05) is 5.73 Å². The third-order valence-electron chi connectivity index (χ3n) is 2.18. The van der Waals surface area contributed by atoms with Crippen molar-refractivity contribution >= 4 is 38.6 Å². The number of nitrogens with zero attached hydrogens (tertiary/aromatic N) is 1. The Hall–Kier alpha value is -1.39. The van der Waals surface area contributed by atoms with Gasteiger partial charge in [-0.15, -0.1) is 22.7 Å². The molecule has 0 aliphatic carbocycles. The number of rotatable bonds is 1. The summed E-state index contributed by atoms with van der Waals surface area (Å²) in [7, 11) is 0. The predicted octanol–water partition coefficient (Wildman–Crippen LogP) is 3.61. The number of nitrogens with two attached hydrogens (primary N) is 1. The maximum atomic E-state index is 5.87. The standard InChI is InChI=1S/C11H8N2S2/c12-7-5-6-14-10(7)11-13-8-3-1-2-4-9(8)15-11/h1-6H,12H2. The van der Waals surface area contributed by atoms with Crippen LogP contribution in [0.1, 0.15) is 0 Å². The van der Waals surface area contributed by atoms with Crippen LogP contribution in [-0.2, 0) is 0 Å². The number of nitrogen functional groups attached to an aromatic ring is 1. The lowest BCUT2D eigenvalue weighted by Gasteiger charge is -1.90. The van der Waals surface area contributed by atoms with Gasteiger partial charge in [0.2, 0.25) is 0 Å². The van der Waals surface area contributed by atoms with Gasteiger partial charge in [-0.05, 0) is 23.6 Å². The molecule has 4 heteroatoms. The third kappa shape index (κ3) is 1.42. The van der Waals surface area contributed by atoms with E-state index in [0.29, 0.717) is 0 Å². The summed E-state index contributed by atoms with van der Waals surface area (Å²) in [6.07, 6.45) is 0. The lowest BCUT2D eigenvalue weighted by molar-refractivity contribution is 1.50. The highest BCUT2D eigenvalue weighted by molar-refractivity contribution is 7.25. The van der Waals surface area contributed by atoms with Crippen molar-refractivity contribution in [1.29, 1.82) is 0 Å². The summed E-state index contributed by atoms with van der Waals surface area (Å²) >= 11 is 3.33. The molecule has 0 aliphatic heterocycles. The summed E-state index contributed by atoms with van der Waals surface area (Å²) in [5, 5.41) is 3.01. The quantitative estimate of drug-likeness (QED) is 0.696. The first-order valence-electron chi connectivity index (χ1n) is 4.53. The first-order chi connectivity index (χ1) is 7.34. The molecule has 0 aliphatic rings. The number of thiazole rings is 1. The maximum Gasteiger partial charge on any atom is 0.136 e. The highest BCUT2D eigenvalue weighted by Gasteiger charge is 2.09. The third-order valence-corrected chi connectivity index (χ3v) is 4.30. The van der Waals surface area contributed by atoms with Gasteiger partial charge in [-0.1, -0.05) is 12.1 Å². The molecular weight excluding hydrogens is 224 g/mol. The molecule has 0 unspecified atom stereocenters. The smallest absolute Gasteiger partial charge is 0.136 e. The van der Waals surface area contributed by atoms with E-state index < -0.39 is 0 Å². The fraction of sp³-hybridized carbons (Fsp3) is 0. The molecule has 2 heterocycles. The molecule has 0 radical (unpaired) electrons. The van der Waals surface area contributed by atoms with Gasteiger partial charge in [-0.25, -0.2) is 4.98 Å². The van der Waals surface area contributed by atoms with Crippen molar-refractivity contribution in [2.45, 2.75) is 0 Å². The largest absolute Gasteiger partial charge is 0.397 e. The van der Waals surface area contributed by atoms with Crippen LogP contribution in [0.3, 0.4) is 0 Å². The van der Waals surface area contributed by atoms with Crippen LogP contribution in [0, 0.1) is 0 Å². The van der Waals surface area contributed by atoms with Gasteiger partial charge in [-0.3, -0.25) is 0 Å². The average Bonchev–Trinajstić information content (AvgIpc) is 2.82. The number of aromatic nitrogens is 1. The van der Waals surface area contributed by atoms with Crippen molar-refractivity contribution in [2.24, 2.45) is 0 Å². The lowest BCUT2D eigenvalue weighted by atomic mass is 10.3.